The maximum absolute atomic E-state index is 12.9. The summed E-state index contributed by atoms with van der Waals surface area (Å²) in [6.07, 6.45) is 0.715. The maximum atomic E-state index is 12.9. The molecule has 0 fully saturated rings. The van der Waals surface area contributed by atoms with Crippen molar-refractivity contribution < 1.29 is 21.4 Å². The standard InChI is InChI=1S/C23H21N5O2S2.CH4O3S/c1-14(2)32(29,30)28-18-13-16(10-11-17(18)25-23(28)24)21-20(15-7-4-3-5-8-15)26-22(27-21)19-9-6-12-31-19;1-5(2,3)4/h3-14H,1-2H3,(H2,24,25)(H,26,27);1H3,(H,2,3,4). The van der Waals surface area contributed by atoms with E-state index in [9.17, 15) is 16.8 Å². The number of fused-ring (bicyclic) bond motifs is 1. The third-order valence-electron chi connectivity index (χ3n) is 5.28. The van der Waals surface area contributed by atoms with Crippen molar-refractivity contribution in [3.63, 3.8) is 0 Å². The van der Waals surface area contributed by atoms with Crippen LogP contribution in [-0.2, 0) is 20.1 Å². The molecule has 0 unspecified atom stereocenters. The van der Waals surface area contributed by atoms with Crippen LogP contribution >= 0.6 is 11.3 Å². The minimum atomic E-state index is -3.68. The molecular weight excluding hydrogens is 534 g/mol. The van der Waals surface area contributed by atoms with Gasteiger partial charge < -0.3 is 10.7 Å². The summed E-state index contributed by atoms with van der Waals surface area (Å²) in [5, 5.41) is 1.37. The number of anilines is 1. The number of imidazole rings is 2. The Bertz CT molecular complexity index is 1750. The molecule has 0 radical (unpaired) electrons. The zero-order chi connectivity index (χ0) is 27.0. The van der Waals surface area contributed by atoms with Crippen LogP contribution in [0.5, 0.6) is 0 Å². The second-order valence-corrected chi connectivity index (χ2v) is 13.2. The van der Waals surface area contributed by atoms with Crippen molar-refractivity contribution in [2.45, 2.75) is 19.1 Å². The molecule has 194 valence electrons. The molecule has 0 amide bonds. The van der Waals surface area contributed by atoms with Crippen molar-refractivity contribution in [2.24, 2.45) is 0 Å². The summed E-state index contributed by atoms with van der Waals surface area (Å²) < 4.78 is 52.9. The number of H-pyrrole nitrogens is 1. The van der Waals surface area contributed by atoms with E-state index in [0.717, 1.165) is 37.2 Å². The Morgan fingerprint density at radius 1 is 0.973 bits per heavy atom. The number of aromatic amines is 1. The zero-order valence-corrected chi connectivity index (χ0v) is 22.6. The third kappa shape index (κ3) is 5.74. The van der Waals surface area contributed by atoms with E-state index in [1.165, 1.54) is 0 Å². The summed E-state index contributed by atoms with van der Waals surface area (Å²) in [5.41, 5.74) is 10.3. The lowest BCUT2D eigenvalue weighted by Crippen LogP contribution is -2.23. The molecule has 4 N–H and O–H groups in total. The molecule has 0 saturated carbocycles. The molecule has 0 bridgehead atoms. The van der Waals surface area contributed by atoms with Gasteiger partial charge in [-0.2, -0.15) is 8.42 Å². The summed E-state index contributed by atoms with van der Waals surface area (Å²) in [4.78, 5) is 13.6. The van der Waals surface area contributed by atoms with E-state index in [-0.39, 0.29) is 5.95 Å². The highest BCUT2D eigenvalue weighted by Crippen LogP contribution is 2.36. The van der Waals surface area contributed by atoms with Crippen molar-refractivity contribution in [3.05, 3.63) is 66.0 Å². The Kier molecular flexibility index (Phi) is 7.24. The van der Waals surface area contributed by atoms with Gasteiger partial charge in [0.1, 0.15) is 5.82 Å². The molecule has 0 aliphatic rings. The number of rotatable bonds is 5. The van der Waals surface area contributed by atoms with E-state index in [1.54, 1.807) is 37.3 Å². The maximum Gasteiger partial charge on any atom is 0.261 e. The minimum absolute atomic E-state index is 0.0459. The van der Waals surface area contributed by atoms with E-state index in [0.29, 0.717) is 17.3 Å². The fourth-order valence-corrected chi connectivity index (χ4v) is 5.44. The fraction of sp³-hybridized carbons (Fsp3) is 0.167. The van der Waals surface area contributed by atoms with Gasteiger partial charge in [0, 0.05) is 11.1 Å². The molecule has 5 aromatic rings. The van der Waals surface area contributed by atoms with Crippen LogP contribution in [0.1, 0.15) is 13.8 Å². The van der Waals surface area contributed by atoms with Crippen molar-refractivity contribution in [1.82, 2.24) is 18.9 Å². The molecule has 0 aliphatic carbocycles. The van der Waals surface area contributed by atoms with Gasteiger partial charge in [-0.3, -0.25) is 4.55 Å². The van der Waals surface area contributed by atoms with Gasteiger partial charge in [0.2, 0.25) is 16.0 Å². The highest BCUT2D eigenvalue weighted by molar-refractivity contribution is 7.90. The van der Waals surface area contributed by atoms with Crippen molar-refractivity contribution >= 4 is 48.5 Å². The lowest BCUT2D eigenvalue weighted by Gasteiger charge is -2.11. The number of aromatic nitrogens is 4. The first-order valence-corrected chi connectivity index (χ1v) is 15.2. The Morgan fingerprint density at radius 2 is 1.65 bits per heavy atom. The number of hydrogen-bond acceptors (Lipinski definition) is 8. The van der Waals surface area contributed by atoms with Gasteiger partial charge >= 0.3 is 0 Å². The van der Waals surface area contributed by atoms with Gasteiger partial charge in [-0.1, -0.05) is 42.5 Å². The average molecular weight is 560 g/mol. The first-order valence-electron chi connectivity index (χ1n) is 11.0. The molecule has 13 heteroatoms. The molecule has 10 nitrogen and oxygen atoms in total. The van der Waals surface area contributed by atoms with E-state index >= 15 is 0 Å². The summed E-state index contributed by atoms with van der Waals surface area (Å²) in [5.74, 6) is 0.715. The first kappa shape index (κ1) is 26.5. The van der Waals surface area contributed by atoms with Gasteiger partial charge in [-0.25, -0.2) is 22.4 Å². The van der Waals surface area contributed by atoms with E-state index in [1.807, 2.05) is 53.9 Å². The highest BCUT2D eigenvalue weighted by Gasteiger charge is 2.25. The molecule has 3 aromatic heterocycles. The van der Waals surface area contributed by atoms with E-state index in [2.05, 4.69) is 9.97 Å². The van der Waals surface area contributed by atoms with Crippen LogP contribution in [0.3, 0.4) is 0 Å². The van der Waals surface area contributed by atoms with Crippen LogP contribution < -0.4 is 5.73 Å². The molecule has 37 heavy (non-hydrogen) atoms. The molecule has 0 saturated heterocycles. The van der Waals surface area contributed by atoms with Gasteiger partial charge in [0.15, 0.2) is 0 Å². The number of nitrogen functional groups attached to an aromatic ring is 1. The lowest BCUT2D eigenvalue weighted by molar-refractivity contribution is 0.490. The van der Waals surface area contributed by atoms with Gasteiger partial charge in [-0.05, 0) is 37.4 Å². The van der Waals surface area contributed by atoms with Crippen LogP contribution in [0.15, 0.2) is 66.0 Å². The van der Waals surface area contributed by atoms with E-state index in [4.69, 9.17) is 15.3 Å². The second kappa shape index (κ2) is 10.1. The number of nitrogens with one attached hydrogen (secondary N) is 1. The van der Waals surface area contributed by atoms with Crippen LogP contribution in [0.2, 0.25) is 0 Å². The Balaban J connectivity index is 0.000000586. The highest BCUT2D eigenvalue weighted by atomic mass is 32.2. The van der Waals surface area contributed by atoms with Crippen LogP contribution in [-0.4, -0.2) is 51.8 Å². The topological polar surface area (TPSA) is 161 Å². The Labute approximate surface area is 218 Å². The summed E-state index contributed by atoms with van der Waals surface area (Å²) in [7, 11) is -7.35. The van der Waals surface area contributed by atoms with Crippen LogP contribution in [0.4, 0.5) is 5.95 Å². The summed E-state index contributed by atoms with van der Waals surface area (Å²) in [6.45, 7) is 3.25. The van der Waals surface area contributed by atoms with Gasteiger partial charge in [0.05, 0.1) is 38.8 Å². The first-order chi connectivity index (χ1) is 17.4. The van der Waals surface area contributed by atoms with Crippen LogP contribution in [0.25, 0.3) is 44.2 Å². The molecule has 2 aromatic carbocycles. The van der Waals surface area contributed by atoms with Crippen LogP contribution in [0, 0.1) is 0 Å². The van der Waals surface area contributed by atoms with Gasteiger partial charge in [-0.15, -0.1) is 11.3 Å². The van der Waals surface area contributed by atoms with Crippen molar-refractivity contribution in [3.8, 4) is 33.2 Å². The SMILES string of the molecule is CC(C)S(=O)(=O)n1c(N)nc2ccc(-c3nc(-c4cccs4)[nH]c3-c3ccccc3)cc21.CS(=O)(=O)O. The van der Waals surface area contributed by atoms with E-state index < -0.39 is 25.4 Å². The summed E-state index contributed by atoms with van der Waals surface area (Å²) >= 11 is 1.60. The number of benzene rings is 2. The molecular formula is C24H25N5O5S3. The molecule has 0 aliphatic heterocycles. The monoisotopic (exact) mass is 559 g/mol. The quantitative estimate of drug-likeness (QED) is 0.265. The second-order valence-electron chi connectivity index (χ2n) is 8.42. The number of thiophene rings is 1. The predicted octanol–water partition coefficient (Wildman–Crippen LogP) is 4.49. The zero-order valence-electron chi connectivity index (χ0n) is 20.2. The number of nitrogens with two attached hydrogens (primary N) is 1. The molecule has 0 atom stereocenters. The lowest BCUT2D eigenvalue weighted by atomic mass is 10.0. The smallest absolute Gasteiger partial charge is 0.261 e. The average Bonchev–Trinajstić information content (AvgIpc) is 3.55. The molecule has 5 rings (SSSR count). The minimum Gasteiger partial charge on any atom is -0.368 e. The Morgan fingerprint density at radius 3 is 2.24 bits per heavy atom. The third-order valence-corrected chi connectivity index (χ3v) is 8.24. The fourth-order valence-electron chi connectivity index (χ4n) is 3.62. The molecule has 0 spiro atoms. The predicted molar refractivity (Wildman–Crippen MR) is 147 cm³/mol. The van der Waals surface area contributed by atoms with Gasteiger partial charge in [0.25, 0.3) is 10.1 Å². The molecule has 3 heterocycles. The largest absolute Gasteiger partial charge is 0.368 e. The van der Waals surface area contributed by atoms with Crippen molar-refractivity contribution in [2.75, 3.05) is 12.0 Å². The normalized spacial score (nSPS) is 12.0. The summed E-state index contributed by atoms with van der Waals surface area (Å²) in [6, 6.07) is 19.4. The number of nitrogens with zero attached hydrogens (tertiary/aromatic N) is 3. The van der Waals surface area contributed by atoms with Crippen molar-refractivity contribution in [1.29, 1.82) is 0 Å². The number of hydrogen-bond donors (Lipinski definition) is 3. The Hall–Kier alpha value is -3.52.